The van der Waals surface area contributed by atoms with E-state index in [1.54, 1.807) is 24.9 Å². The quantitative estimate of drug-likeness (QED) is 0.470. The molecular formula is C24H25N5O3S. The Hall–Kier alpha value is -3.43. The van der Waals surface area contributed by atoms with Gasteiger partial charge in [-0.1, -0.05) is 0 Å². The first-order valence-corrected chi connectivity index (χ1v) is 11.6. The molecule has 4 aromatic rings. The summed E-state index contributed by atoms with van der Waals surface area (Å²) in [7, 11) is 3.31. The Bertz CT molecular complexity index is 1380. The standard InChI is InChI=1S/C24H25N5O3S/c1-14-10-15-11-16(4-5-20(15)29(14)24(31)25-2)27-18-6-8-26-19-12-21(33-22(18)19)23(30)28-9-7-17(13-28)32-3/h4-6,8,10-12,17H,7,9,13H2,1-3H3,(H,25,31)(H,26,27)/t17-/m0/s1. The van der Waals surface area contributed by atoms with Crippen molar-refractivity contribution in [1.82, 2.24) is 19.8 Å². The second-order valence-electron chi connectivity index (χ2n) is 8.16. The number of carbonyl (C=O) groups excluding carboxylic acids is 2. The van der Waals surface area contributed by atoms with Gasteiger partial charge in [0.1, 0.15) is 0 Å². The fourth-order valence-corrected chi connectivity index (χ4v) is 5.42. The Morgan fingerprint density at radius 1 is 1.21 bits per heavy atom. The molecular weight excluding hydrogens is 438 g/mol. The summed E-state index contributed by atoms with van der Waals surface area (Å²) in [6.45, 7) is 3.24. The van der Waals surface area contributed by atoms with Crippen molar-refractivity contribution >= 4 is 55.8 Å². The summed E-state index contributed by atoms with van der Waals surface area (Å²) in [5.41, 5.74) is 4.29. The van der Waals surface area contributed by atoms with Crippen LogP contribution < -0.4 is 10.6 Å². The van der Waals surface area contributed by atoms with Gasteiger partial charge < -0.3 is 20.3 Å². The Morgan fingerprint density at radius 2 is 2.06 bits per heavy atom. The van der Waals surface area contributed by atoms with E-state index in [9.17, 15) is 9.59 Å². The van der Waals surface area contributed by atoms with E-state index in [0.29, 0.717) is 18.0 Å². The number of aromatic nitrogens is 2. The molecule has 3 aromatic heterocycles. The number of fused-ring (bicyclic) bond motifs is 2. The molecule has 2 amide bonds. The number of anilines is 2. The third-order valence-corrected chi connectivity index (χ3v) is 7.22. The van der Waals surface area contributed by atoms with Crippen LogP contribution in [0.15, 0.2) is 42.6 Å². The maximum atomic E-state index is 13.0. The highest BCUT2D eigenvalue weighted by Gasteiger charge is 2.28. The Morgan fingerprint density at radius 3 is 2.82 bits per heavy atom. The molecule has 9 heteroatoms. The van der Waals surface area contributed by atoms with E-state index in [2.05, 4.69) is 15.6 Å². The van der Waals surface area contributed by atoms with Gasteiger partial charge in [0.2, 0.25) is 0 Å². The van der Waals surface area contributed by atoms with E-state index in [4.69, 9.17) is 4.74 Å². The van der Waals surface area contributed by atoms with Gasteiger partial charge in [0.15, 0.2) is 0 Å². The van der Waals surface area contributed by atoms with Crippen LogP contribution in [0.2, 0.25) is 0 Å². The molecule has 0 bridgehead atoms. The molecule has 0 saturated carbocycles. The van der Waals surface area contributed by atoms with Crippen LogP contribution in [0.1, 0.15) is 21.8 Å². The molecule has 1 fully saturated rings. The summed E-state index contributed by atoms with van der Waals surface area (Å²) < 4.78 is 7.99. The molecule has 33 heavy (non-hydrogen) atoms. The number of rotatable bonds is 4. The SMILES string of the molecule is CNC(=O)n1c(C)cc2cc(Nc3ccnc4cc(C(=O)N5CC[C@H](OC)C5)sc34)ccc21. The molecule has 1 aliphatic heterocycles. The van der Waals surface area contributed by atoms with Crippen LogP contribution in [0.3, 0.4) is 0 Å². The number of hydrogen-bond acceptors (Lipinski definition) is 6. The Balaban J connectivity index is 1.44. The van der Waals surface area contributed by atoms with Crippen molar-refractivity contribution < 1.29 is 14.3 Å². The highest BCUT2D eigenvalue weighted by molar-refractivity contribution is 7.21. The van der Waals surface area contributed by atoms with Crippen LogP contribution in [0.4, 0.5) is 16.2 Å². The van der Waals surface area contributed by atoms with Crippen LogP contribution in [-0.4, -0.2) is 59.7 Å². The van der Waals surface area contributed by atoms with Crippen molar-refractivity contribution in [1.29, 1.82) is 0 Å². The second kappa shape index (κ2) is 8.49. The van der Waals surface area contributed by atoms with Crippen molar-refractivity contribution in [2.24, 2.45) is 0 Å². The van der Waals surface area contributed by atoms with Crippen molar-refractivity contribution in [2.75, 3.05) is 32.6 Å². The molecule has 0 spiro atoms. The lowest BCUT2D eigenvalue weighted by molar-refractivity contribution is 0.0728. The zero-order valence-electron chi connectivity index (χ0n) is 18.7. The number of benzene rings is 1. The topological polar surface area (TPSA) is 88.5 Å². The largest absolute Gasteiger partial charge is 0.380 e. The average molecular weight is 464 g/mol. The lowest BCUT2D eigenvalue weighted by atomic mass is 10.2. The number of amides is 2. The zero-order chi connectivity index (χ0) is 23.1. The predicted molar refractivity (Wildman–Crippen MR) is 131 cm³/mol. The molecule has 0 radical (unpaired) electrons. The van der Waals surface area contributed by atoms with Gasteiger partial charge in [-0.2, -0.15) is 0 Å². The smallest absolute Gasteiger partial charge is 0.325 e. The molecule has 0 aliphatic carbocycles. The van der Waals surface area contributed by atoms with E-state index in [1.165, 1.54) is 11.3 Å². The lowest BCUT2D eigenvalue weighted by Gasteiger charge is -2.14. The molecule has 1 atom stereocenters. The monoisotopic (exact) mass is 463 g/mol. The Kier molecular flexibility index (Phi) is 5.51. The molecule has 4 heterocycles. The van der Waals surface area contributed by atoms with Crippen molar-refractivity contribution in [3.8, 4) is 0 Å². The van der Waals surface area contributed by atoms with Crippen molar-refractivity contribution in [3.05, 3.63) is 53.2 Å². The summed E-state index contributed by atoms with van der Waals surface area (Å²) >= 11 is 1.45. The summed E-state index contributed by atoms with van der Waals surface area (Å²) in [5.74, 6) is 0.0240. The summed E-state index contributed by atoms with van der Waals surface area (Å²) in [6.07, 6.45) is 2.71. The van der Waals surface area contributed by atoms with Gasteiger partial charge in [0, 0.05) is 50.2 Å². The normalized spacial score (nSPS) is 16.0. The van der Waals surface area contributed by atoms with Crippen molar-refractivity contribution in [2.45, 2.75) is 19.4 Å². The molecule has 170 valence electrons. The van der Waals surface area contributed by atoms with Gasteiger partial charge in [0.05, 0.1) is 32.4 Å². The number of carbonyl (C=O) groups is 2. The van der Waals surface area contributed by atoms with Crippen molar-refractivity contribution in [3.63, 3.8) is 0 Å². The number of pyridine rings is 1. The number of nitrogens with one attached hydrogen (secondary N) is 2. The van der Waals surface area contributed by atoms with Gasteiger partial charge in [0.25, 0.3) is 5.91 Å². The van der Waals surface area contributed by atoms with Gasteiger partial charge in [-0.3, -0.25) is 14.3 Å². The Labute approximate surface area is 195 Å². The average Bonchev–Trinajstić information content (AvgIpc) is 3.54. The van der Waals surface area contributed by atoms with Crippen LogP contribution >= 0.6 is 11.3 Å². The predicted octanol–water partition coefficient (Wildman–Crippen LogP) is 4.35. The molecule has 1 aromatic carbocycles. The van der Waals surface area contributed by atoms with Gasteiger partial charge in [-0.15, -0.1) is 11.3 Å². The maximum Gasteiger partial charge on any atom is 0.325 e. The number of likely N-dealkylation sites (tertiary alicyclic amines) is 1. The first kappa shape index (κ1) is 21.4. The number of thiophene rings is 1. The van der Waals surface area contributed by atoms with E-state index in [1.807, 2.05) is 48.2 Å². The van der Waals surface area contributed by atoms with Gasteiger partial charge >= 0.3 is 6.03 Å². The first-order chi connectivity index (χ1) is 16.0. The highest BCUT2D eigenvalue weighted by Crippen LogP contribution is 2.34. The molecule has 0 unspecified atom stereocenters. The maximum absolute atomic E-state index is 13.0. The van der Waals surface area contributed by atoms with E-state index >= 15 is 0 Å². The molecule has 1 aliphatic rings. The number of hydrogen-bond donors (Lipinski definition) is 2. The second-order valence-corrected chi connectivity index (χ2v) is 9.21. The van der Waals surface area contributed by atoms with Crippen LogP contribution in [-0.2, 0) is 4.74 Å². The lowest BCUT2D eigenvalue weighted by Crippen LogP contribution is -2.29. The minimum atomic E-state index is -0.162. The minimum absolute atomic E-state index is 0.0240. The highest BCUT2D eigenvalue weighted by atomic mass is 32.1. The van der Waals surface area contributed by atoms with Crippen LogP contribution in [0.25, 0.3) is 21.1 Å². The number of methoxy groups -OCH3 is 1. The number of ether oxygens (including phenoxy) is 1. The molecule has 8 nitrogen and oxygen atoms in total. The van der Waals surface area contributed by atoms with Gasteiger partial charge in [-0.25, -0.2) is 4.79 Å². The zero-order valence-corrected chi connectivity index (χ0v) is 19.5. The first-order valence-electron chi connectivity index (χ1n) is 10.8. The molecule has 1 saturated heterocycles. The van der Waals surface area contributed by atoms with Crippen LogP contribution in [0, 0.1) is 6.92 Å². The minimum Gasteiger partial charge on any atom is -0.380 e. The summed E-state index contributed by atoms with van der Waals surface area (Å²) in [6, 6.07) is 11.5. The van der Waals surface area contributed by atoms with E-state index < -0.39 is 0 Å². The fraction of sp³-hybridized carbons (Fsp3) is 0.292. The summed E-state index contributed by atoms with van der Waals surface area (Å²) in [4.78, 5) is 32.2. The summed E-state index contributed by atoms with van der Waals surface area (Å²) in [5, 5.41) is 7.11. The number of aryl methyl sites for hydroxylation is 1. The fourth-order valence-electron chi connectivity index (χ4n) is 4.37. The third-order valence-electron chi connectivity index (χ3n) is 6.07. The van der Waals surface area contributed by atoms with E-state index in [-0.39, 0.29) is 18.0 Å². The van der Waals surface area contributed by atoms with E-state index in [0.717, 1.165) is 44.6 Å². The third kappa shape index (κ3) is 3.83. The molecule has 2 N–H and O–H groups in total. The molecule has 5 rings (SSSR count). The van der Waals surface area contributed by atoms with Crippen LogP contribution in [0.5, 0.6) is 0 Å². The number of nitrogens with zero attached hydrogens (tertiary/aromatic N) is 3. The van der Waals surface area contributed by atoms with Gasteiger partial charge in [-0.05, 0) is 49.7 Å².